The van der Waals surface area contributed by atoms with Crippen molar-refractivity contribution in [3.05, 3.63) is 12.7 Å². The van der Waals surface area contributed by atoms with Crippen LogP contribution in [0.2, 0.25) is 0 Å². The number of hydrogen-bond acceptors (Lipinski definition) is 4. The normalized spacial score (nSPS) is 12.5. The van der Waals surface area contributed by atoms with Crippen molar-refractivity contribution in [2.24, 2.45) is 5.16 Å². The van der Waals surface area contributed by atoms with Gasteiger partial charge in [0.25, 0.3) is 0 Å². The molecule has 74 valence electrons. The lowest BCUT2D eigenvalue weighted by Gasteiger charge is -2.01. The Morgan fingerprint density at radius 2 is 2.54 bits per heavy atom. The molecule has 13 heavy (non-hydrogen) atoms. The molecule has 1 amide bonds. The van der Waals surface area contributed by atoms with Crippen molar-refractivity contribution in [3.63, 3.8) is 0 Å². The molecular weight excluding hydrogens is 188 g/mol. The highest BCUT2D eigenvalue weighted by Crippen LogP contribution is 2.07. The fourth-order valence-corrected chi connectivity index (χ4v) is 1.05. The summed E-state index contributed by atoms with van der Waals surface area (Å²) < 4.78 is 0. The van der Waals surface area contributed by atoms with Crippen LogP contribution in [0.25, 0.3) is 0 Å². The number of carbonyl (C=O) groups is 1. The molecule has 0 saturated carbocycles. The van der Waals surface area contributed by atoms with E-state index < -0.39 is 6.09 Å². The summed E-state index contributed by atoms with van der Waals surface area (Å²) in [6, 6.07) is 0. The fourth-order valence-electron chi connectivity index (χ4n) is 0.472. The molecule has 0 rings (SSSR count). The largest absolute Gasteiger partial charge is 0.433 e. The standard InChI is InChI=1S/C8H14N2O2S/c1-4-5-13-7(2)6-10-12-8(11)9-3/h4,6-7H,1,5H2,2-3H3,(H,9,11). The van der Waals surface area contributed by atoms with Gasteiger partial charge in [-0.2, -0.15) is 0 Å². The molecule has 0 aliphatic carbocycles. The number of carbonyl (C=O) groups excluding carboxylic acids is 1. The van der Waals surface area contributed by atoms with Crippen molar-refractivity contribution in [2.45, 2.75) is 12.2 Å². The van der Waals surface area contributed by atoms with Gasteiger partial charge in [-0.1, -0.05) is 11.2 Å². The molecule has 5 heteroatoms. The van der Waals surface area contributed by atoms with Crippen molar-refractivity contribution in [1.82, 2.24) is 5.32 Å². The van der Waals surface area contributed by atoms with Gasteiger partial charge < -0.3 is 5.32 Å². The van der Waals surface area contributed by atoms with Crippen molar-refractivity contribution in [2.75, 3.05) is 12.8 Å². The first kappa shape index (κ1) is 12.0. The summed E-state index contributed by atoms with van der Waals surface area (Å²) in [6.07, 6.45) is 2.83. The Morgan fingerprint density at radius 3 is 3.08 bits per heavy atom. The van der Waals surface area contributed by atoms with E-state index in [1.165, 1.54) is 7.05 Å². The third-order valence-electron chi connectivity index (χ3n) is 1.09. The topological polar surface area (TPSA) is 50.7 Å². The van der Waals surface area contributed by atoms with Gasteiger partial charge in [-0.25, -0.2) is 4.79 Å². The SMILES string of the molecule is C=CCSC(C)C=NOC(=O)NC. The first-order valence-electron chi connectivity index (χ1n) is 3.85. The molecule has 1 unspecified atom stereocenters. The Balaban J connectivity index is 3.58. The molecule has 1 N–H and O–H groups in total. The predicted molar refractivity (Wildman–Crippen MR) is 56.1 cm³/mol. The fraction of sp³-hybridized carbons (Fsp3) is 0.500. The maximum atomic E-state index is 10.5. The Labute approximate surface area is 82.4 Å². The van der Waals surface area contributed by atoms with Gasteiger partial charge in [0, 0.05) is 18.1 Å². The van der Waals surface area contributed by atoms with Gasteiger partial charge in [-0.3, -0.25) is 4.84 Å². The first-order valence-corrected chi connectivity index (χ1v) is 4.90. The highest BCUT2D eigenvalue weighted by atomic mass is 32.2. The van der Waals surface area contributed by atoms with Crippen LogP contribution in [0.4, 0.5) is 4.79 Å². The number of oxime groups is 1. The summed E-state index contributed by atoms with van der Waals surface area (Å²) in [4.78, 5) is 15.0. The number of thioether (sulfide) groups is 1. The van der Waals surface area contributed by atoms with Gasteiger partial charge in [0.1, 0.15) is 0 Å². The molecule has 0 saturated heterocycles. The van der Waals surface area contributed by atoms with Crippen LogP contribution < -0.4 is 5.32 Å². The molecule has 0 bridgehead atoms. The molecule has 0 aromatic carbocycles. The number of hydrogen-bond donors (Lipinski definition) is 1. The van der Waals surface area contributed by atoms with Crippen LogP contribution in [0.3, 0.4) is 0 Å². The summed E-state index contributed by atoms with van der Waals surface area (Å²) in [7, 11) is 1.48. The van der Waals surface area contributed by atoms with E-state index in [0.717, 1.165) is 5.75 Å². The van der Waals surface area contributed by atoms with Crippen LogP contribution in [-0.4, -0.2) is 30.4 Å². The monoisotopic (exact) mass is 202 g/mol. The highest BCUT2D eigenvalue weighted by molar-refractivity contribution is 8.00. The minimum absolute atomic E-state index is 0.211. The smallest absolute Gasteiger partial charge is 0.323 e. The Kier molecular flexibility index (Phi) is 7.10. The van der Waals surface area contributed by atoms with Gasteiger partial charge in [0.15, 0.2) is 0 Å². The van der Waals surface area contributed by atoms with Crippen molar-refractivity contribution in [3.8, 4) is 0 Å². The van der Waals surface area contributed by atoms with Crippen LogP contribution in [0, 0.1) is 0 Å². The number of rotatable bonds is 5. The van der Waals surface area contributed by atoms with E-state index in [9.17, 15) is 4.79 Å². The minimum Gasteiger partial charge on any atom is -0.323 e. The lowest BCUT2D eigenvalue weighted by molar-refractivity contribution is 0.153. The molecule has 0 aromatic rings. The molecule has 0 aromatic heterocycles. The zero-order chi connectivity index (χ0) is 10.1. The summed E-state index contributed by atoms with van der Waals surface area (Å²) >= 11 is 1.66. The molecule has 0 fully saturated rings. The molecular formula is C8H14N2O2S. The van der Waals surface area contributed by atoms with Gasteiger partial charge in [-0.05, 0) is 6.92 Å². The van der Waals surface area contributed by atoms with Crippen molar-refractivity contribution < 1.29 is 9.63 Å². The van der Waals surface area contributed by atoms with Crippen LogP contribution >= 0.6 is 11.8 Å². The molecule has 0 radical (unpaired) electrons. The Morgan fingerprint density at radius 1 is 1.85 bits per heavy atom. The molecule has 4 nitrogen and oxygen atoms in total. The van der Waals surface area contributed by atoms with Crippen molar-refractivity contribution in [1.29, 1.82) is 0 Å². The molecule has 0 heterocycles. The second-order valence-corrected chi connectivity index (χ2v) is 3.62. The zero-order valence-corrected chi connectivity index (χ0v) is 8.63. The first-order chi connectivity index (χ1) is 6.20. The lowest BCUT2D eigenvalue weighted by Crippen LogP contribution is -2.17. The zero-order valence-electron chi connectivity index (χ0n) is 7.82. The number of nitrogens with zero attached hydrogens (tertiary/aromatic N) is 1. The summed E-state index contributed by atoms with van der Waals surface area (Å²) in [5.74, 6) is 0.854. The van der Waals surface area contributed by atoms with Crippen LogP contribution in [0.15, 0.2) is 17.8 Å². The van der Waals surface area contributed by atoms with Crippen LogP contribution in [-0.2, 0) is 4.84 Å². The number of nitrogens with one attached hydrogen (secondary N) is 1. The second kappa shape index (κ2) is 7.67. The van der Waals surface area contributed by atoms with Crippen LogP contribution in [0.5, 0.6) is 0 Å². The number of amides is 1. The van der Waals surface area contributed by atoms with E-state index in [1.807, 2.05) is 13.0 Å². The average Bonchev–Trinajstić information content (AvgIpc) is 2.14. The Bertz CT molecular complexity index is 195. The van der Waals surface area contributed by atoms with Gasteiger partial charge in [0.05, 0.1) is 6.21 Å². The minimum atomic E-state index is -0.558. The predicted octanol–water partition coefficient (Wildman–Crippen LogP) is 1.64. The molecule has 0 aliphatic heterocycles. The van der Waals surface area contributed by atoms with E-state index >= 15 is 0 Å². The third-order valence-corrected chi connectivity index (χ3v) is 2.16. The summed E-state index contributed by atoms with van der Waals surface area (Å²) in [5, 5.41) is 6.00. The second-order valence-electron chi connectivity index (χ2n) is 2.21. The average molecular weight is 202 g/mol. The van der Waals surface area contributed by atoms with Crippen LogP contribution in [0.1, 0.15) is 6.92 Å². The van der Waals surface area contributed by atoms with Gasteiger partial charge >= 0.3 is 6.09 Å². The molecule has 1 atom stereocenters. The quantitative estimate of drug-likeness (QED) is 0.319. The van der Waals surface area contributed by atoms with E-state index in [4.69, 9.17) is 0 Å². The van der Waals surface area contributed by atoms with E-state index in [2.05, 4.69) is 21.9 Å². The maximum absolute atomic E-state index is 10.5. The highest BCUT2D eigenvalue weighted by Gasteiger charge is 1.97. The summed E-state index contributed by atoms with van der Waals surface area (Å²) in [6.45, 7) is 5.56. The van der Waals surface area contributed by atoms with Gasteiger partial charge in [0.2, 0.25) is 0 Å². The lowest BCUT2D eigenvalue weighted by atomic mass is 10.5. The summed E-state index contributed by atoms with van der Waals surface area (Å²) in [5.41, 5.74) is 0. The molecule has 0 spiro atoms. The van der Waals surface area contributed by atoms with E-state index in [0.29, 0.717) is 0 Å². The van der Waals surface area contributed by atoms with Crippen molar-refractivity contribution >= 4 is 24.1 Å². The Hall–Kier alpha value is -0.970. The van der Waals surface area contributed by atoms with E-state index in [-0.39, 0.29) is 5.25 Å². The van der Waals surface area contributed by atoms with E-state index in [1.54, 1.807) is 18.0 Å². The maximum Gasteiger partial charge on any atom is 0.433 e. The van der Waals surface area contributed by atoms with Gasteiger partial charge in [-0.15, -0.1) is 18.3 Å². The molecule has 0 aliphatic rings. The third kappa shape index (κ3) is 7.39.